The number of hydrogen-bond donors (Lipinski definition) is 0. The van der Waals surface area contributed by atoms with Gasteiger partial charge in [-0.15, -0.1) is 0 Å². The highest BCUT2D eigenvalue weighted by Gasteiger charge is 2.30. The molecule has 2 aliphatic heterocycles. The largest absolute Gasteiger partial charge is 0.303 e. The Balaban J connectivity index is 1.32. The molecule has 0 atom stereocenters. The van der Waals surface area contributed by atoms with Crippen LogP contribution >= 0.6 is 0 Å². The normalized spacial score (nSPS) is 35.2. The van der Waals surface area contributed by atoms with Gasteiger partial charge in [-0.25, -0.2) is 0 Å². The molecule has 19 heavy (non-hydrogen) atoms. The molecule has 0 radical (unpaired) electrons. The summed E-state index contributed by atoms with van der Waals surface area (Å²) in [4.78, 5) is 8.75. The molecular formula is C16H30N2O. The predicted molar refractivity (Wildman–Crippen MR) is 77.9 cm³/mol. The van der Waals surface area contributed by atoms with E-state index in [0.717, 1.165) is 24.9 Å². The van der Waals surface area contributed by atoms with Crippen LogP contribution in [0.2, 0.25) is 0 Å². The second-order valence-corrected chi connectivity index (χ2v) is 7.04. The molecule has 3 aliphatic rings. The summed E-state index contributed by atoms with van der Waals surface area (Å²) < 4.78 is 0. The molecule has 110 valence electrons. The van der Waals surface area contributed by atoms with Crippen molar-refractivity contribution in [3.63, 3.8) is 0 Å². The molecule has 1 aliphatic carbocycles. The van der Waals surface area contributed by atoms with Gasteiger partial charge in [-0.05, 0) is 63.5 Å². The molecule has 2 saturated heterocycles. The molecule has 3 nitrogen and oxygen atoms in total. The van der Waals surface area contributed by atoms with Crippen LogP contribution in [-0.2, 0) is 4.84 Å². The molecular weight excluding hydrogens is 236 g/mol. The first-order valence-corrected chi connectivity index (χ1v) is 8.43. The smallest absolute Gasteiger partial charge is 0.0798 e. The zero-order valence-corrected chi connectivity index (χ0v) is 12.5. The quantitative estimate of drug-likeness (QED) is 0.778. The van der Waals surface area contributed by atoms with Gasteiger partial charge >= 0.3 is 0 Å². The van der Waals surface area contributed by atoms with Gasteiger partial charge in [0, 0.05) is 19.6 Å². The van der Waals surface area contributed by atoms with Gasteiger partial charge < -0.3 is 4.90 Å². The zero-order valence-electron chi connectivity index (χ0n) is 12.5. The molecule has 1 saturated carbocycles. The number of nitrogens with zero attached hydrogens (tertiary/aromatic N) is 2. The molecule has 3 fully saturated rings. The van der Waals surface area contributed by atoms with Gasteiger partial charge in [0.25, 0.3) is 0 Å². The first-order chi connectivity index (χ1) is 9.29. The van der Waals surface area contributed by atoms with Crippen molar-refractivity contribution in [1.82, 2.24) is 9.96 Å². The average molecular weight is 266 g/mol. The van der Waals surface area contributed by atoms with Gasteiger partial charge in [0.1, 0.15) is 0 Å². The Bertz CT molecular complexity index is 264. The van der Waals surface area contributed by atoms with Crippen molar-refractivity contribution in [2.45, 2.75) is 58.0 Å². The molecule has 0 amide bonds. The van der Waals surface area contributed by atoms with Crippen LogP contribution in [0.5, 0.6) is 0 Å². The number of piperidine rings is 2. The Morgan fingerprint density at radius 2 is 1.63 bits per heavy atom. The first kappa shape index (κ1) is 13.8. The van der Waals surface area contributed by atoms with E-state index in [1.807, 2.05) is 0 Å². The standard InChI is InChI=1S/C16H30N2O/c1-14-11-16(12-14)19-18-9-5-15(6-10-18)13-17-7-3-2-4-8-17/h14-16H,2-13H2,1H3/t14-,16-. The topological polar surface area (TPSA) is 15.7 Å². The monoisotopic (exact) mass is 266 g/mol. The van der Waals surface area contributed by atoms with Gasteiger partial charge in [-0.2, -0.15) is 5.06 Å². The lowest BCUT2D eigenvalue weighted by molar-refractivity contribution is -0.236. The van der Waals surface area contributed by atoms with E-state index in [-0.39, 0.29) is 0 Å². The molecule has 0 aromatic carbocycles. The fourth-order valence-electron chi connectivity index (χ4n) is 3.83. The third-order valence-electron chi connectivity index (χ3n) is 5.17. The maximum atomic E-state index is 6.06. The predicted octanol–water partition coefficient (Wildman–Crippen LogP) is 2.91. The van der Waals surface area contributed by atoms with Crippen molar-refractivity contribution < 1.29 is 4.84 Å². The lowest BCUT2D eigenvalue weighted by Gasteiger charge is -2.40. The van der Waals surface area contributed by atoms with Crippen LogP contribution in [0.3, 0.4) is 0 Å². The second kappa shape index (κ2) is 6.55. The number of hydroxylamine groups is 2. The molecule has 0 N–H and O–H groups in total. The van der Waals surface area contributed by atoms with E-state index in [4.69, 9.17) is 4.84 Å². The molecule has 0 bridgehead atoms. The van der Waals surface area contributed by atoms with E-state index in [2.05, 4.69) is 16.9 Å². The number of rotatable bonds is 4. The highest BCUT2D eigenvalue weighted by atomic mass is 16.7. The average Bonchev–Trinajstić information content (AvgIpc) is 2.40. The summed E-state index contributed by atoms with van der Waals surface area (Å²) in [5.41, 5.74) is 0. The van der Waals surface area contributed by atoms with Gasteiger partial charge in [0.15, 0.2) is 0 Å². The number of hydrogen-bond acceptors (Lipinski definition) is 3. The molecule has 0 spiro atoms. The van der Waals surface area contributed by atoms with E-state index in [1.165, 1.54) is 64.6 Å². The van der Waals surface area contributed by atoms with Crippen molar-refractivity contribution >= 4 is 0 Å². The molecule has 3 rings (SSSR count). The van der Waals surface area contributed by atoms with E-state index < -0.39 is 0 Å². The molecule has 0 aromatic heterocycles. The fraction of sp³-hybridized carbons (Fsp3) is 1.00. The van der Waals surface area contributed by atoms with Crippen molar-refractivity contribution in [2.24, 2.45) is 11.8 Å². The Morgan fingerprint density at radius 3 is 2.26 bits per heavy atom. The molecule has 3 heteroatoms. The number of likely N-dealkylation sites (tertiary alicyclic amines) is 1. The van der Waals surface area contributed by atoms with E-state index in [9.17, 15) is 0 Å². The van der Waals surface area contributed by atoms with Crippen LogP contribution in [0.15, 0.2) is 0 Å². The lowest BCUT2D eigenvalue weighted by Crippen LogP contribution is -2.43. The van der Waals surface area contributed by atoms with Gasteiger partial charge in [-0.3, -0.25) is 4.84 Å². The Labute approximate surface area is 118 Å². The first-order valence-electron chi connectivity index (χ1n) is 8.43. The fourth-order valence-corrected chi connectivity index (χ4v) is 3.83. The minimum atomic E-state index is 0.536. The van der Waals surface area contributed by atoms with Crippen LogP contribution in [0.4, 0.5) is 0 Å². The Hall–Kier alpha value is -0.120. The van der Waals surface area contributed by atoms with Crippen LogP contribution in [0.25, 0.3) is 0 Å². The highest BCUT2D eigenvalue weighted by molar-refractivity contribution is 4.78. The summed E-state index contributed by atoms with van der Waals surface area (Å²) >= 11 is 0. The molecule has 2 heterocycles. The second-order valence-electron chi connectivity index (χ2n) is 7.04. The van der Waals surface area contributed by atoms with Crippen LogP contribution < -0.4 is 0 Å². The van der Waals surface area contributed by atoms with Gasteiger partial charge in [0.05, 0.1) is 6.10 Å². The zero-order chi connectivity index (χ0) is 13.1. The summed E-state index contributed by atoms with van der Waals surface area (Å²) in [5, 5.41) is 2.25. The minimum Gasteiger partial charge on any atom is -0.303 e. The van der Waals surface area contributed by atoms with E-state index >= 15 is 0 Å². The van der Waals surface area contributed by atoms with Gasteiger partial charge in [0.2, 0.25) is 0 Å². The van der Waals surface area contributed by atoms with Gasteiger partial charge in [-0.1, -0.05) is 13.3 Å². The third-order valence-corrected chi connectivity index (χ3v) is 5.17. The third kappa shape index (κ3) is 3.93. The maximum Gasteiger partial charge on any atom is 0.0798 e. The van der Waals surface area contributed by atoms with Crippen molar-refractivity contribution in [3.05, 3.63) is 0 Å². The van der Waals surface area contributed by atoms with Crippen molar-refractivity contribution in [1.29, 1.82) is 0 Å². The van der Waals surface area contributed by atoms with Crippen LogP contribution in [0.1, 0.15) is 51.9 Å². The van der Waals surface area contributed by atoms with E-state index in [1.54, 1.807) is 0 Å². The minimum absolute atomic E-state index is 0.536. The molecule has 0 unspecified atom stereocenters. The summed E-state index contributed by atoms with van der Waals surface area (Å²) in [7, 11) is 0. The van der Waals surface area contributed by atoms with Crippen LogP contribution in [-0.4, -0.2) is 48.8 Å². The summed E-state index contributed by atoms with van der Waals surface area (Å²) in [6.45, 7) is 8.67. The lowest BCUT2D eigenvalue weighted by atomic mass is 9.84. The highest BCUT2D eigenvalue weighted by Crippen LogP contribution is 2.31. The summed E-state index contributed by atoms with van der Waals surface area (Å²) in [6.07, 6.45) is 10.0. The Morgan fingerprint density at radius 1 is 0.947 bits per heavy atom. The Kier molecular flexibility index (Phi) is 4.78. The van der Waals surface area contributed by atoms with Crippen molar-refractivity contribution in [3.8, 4) is 0 Å². The summed E-state index contributed by atoms with van der Waals surface area (Å²) in [6, 6.07) is 0. The summed E-state index contributed by atoms with van der Waals surface area (Å²) in [5.74, 6) is 1.81. The van der Waals surface area contributed by atoms with E-state index in [0.29, 0.717) is 6.10 Å². The maximum absolute atomic E-state index is 6.06. The molecule has 0 aromatic rings. The van der Waals surface area contributed by atoms with Crippen LogP contribution in [0, 0.1) is 11.8 Å². The van der Waals surface area contributed by atoms with Crippen molar-refractivity contribution in [2.75, 3.05) is 32.7 Å². The SMILES string of the molecule is C[C@H]1C[C@H](ON2CCC(CN3CCCCC3)CC2)C1.